The van der Waals surface area contributed by atoms with Gasteiger partial charge in [0.1, 0.15) is 18.1 Å². The molecule has 3 fully saturated rings. The van der Waals surface area contributed by atoms with Crippen LogP contribution < -0.4 is 9.47 Å². The maximum Gasteiger partial charge on any atom is 0.306 e. The Hall–Kier alpha value is -3.27. The molecule has 0 saturated heterocycles. The average molecular weight is 539 g/mol. The van der Waals surface area contributed by atoms with Gasteiger partial charge in [-0.25, -0.2) is 0 Å². The maximum atomic E-state index is 12.0. The molecular formula is C36H42O4. The van der Waals surface area contributed by atoms with E-state index in [0.717, 1.165) is 24.3 Å². The van der Waals surface area contributed by atoms with Crippen LogP contribution in [0.4, 0.5) is 0 Å². The van der Waals surface area contributed by atoms with E-state index in [1.165, 1.54) is 67.0 Å². The zero-order valence-electron chi connectivity index (χ0n) is 24.2. The van der Waals surface area contributed by atoms with Crippen molar-refractivity contribution in [1.82, 2.24) is 0 Å². The van der Waals surface area contributed by atoms with Crippen molar-refractivity contribution in [2.45, 2.75) is 89.8 Å². The Morgan fingerprint density at radius 1 is 0.925 bits per heavy atom. The second-order valence-electron chi connectivity index (χ2n) is 12.8. The molecule has 0 N–H and O–H groups in total. The summed E-state index contributed by atoms with van der Waals surface area (Å²) in [4.78, 5) is 12.0. The number of carbonyl (C=O) groups excluding carboxylic acids is 1. The van der Waals surface area contributed by atoms with Crippen molar-refractivity contribution in [2.75, 3.05) is 7.11 Å². The van der Waals surface area contributed by atoms with Crippen LogP contribution in [-0.4, -0.2) is 19.2 Å². The molecule has 0 bridgehead atoms. The maximum absolute atomic E-state index is 12.0. The van der Waals surface area contributed by atoms with E-state index in [1.54, 1.807) is 0 Å². The fourth-order valence-corrected chi connectivity index (χ4v) is 6.59. The van der Waals surface area contributed by atoms with Crippen LogP contribution in [0, 0.1) is 11.3 Å². The average Bonchev–Trinajstić information content (AvgIpc) is 3.90. The molecule has 0 amide bonds. The second-order valence-corrected chi connectivity index (χ2v) is 12.8. The molecule has 210 valence electrons. The fraction of sp³-hybridized carbons (Fsp3) is 0.472. The molecule has 4 nitrogen and oxygen atoms in total. The molecule has 3 aromatic rings. The van der Waals surface area contributed by atoms with Crippen LogP contribution in [0.25, 0.3) is 11.1 Å². The summed E-state index contributed by atoms with van der Waals surface area (Å²) in [7, 11) is 1.47. The van der Waals surface area contributed by atoms with Gasteiger partial charge in [0, 0.05) is 0 Å². The number of esters is 1. The topological polar surface area (TPSA) is 44.8 Å². The molecule has 3 saturated carbocycles. The fourth-order valence-electron chi connectivity index (χ4n) is 6.59. The van der Waals surface area contributed by atoms with Crippen LogP contribution in [0.2, 0.25) is 0 Å². The molecule has 3 aliphatic carbocycles. The Labute approximate surface area is 239 Å². The van der Waals surface area contributed by atoms with E-state index < -0.39 is 0 Å². The molecule has 4 heteroatoms. The lowest BCUT2D eigenvalue weighted by atomic mass is 9.75. The van der Waals surface area contributed by atoms with Gasteiger partial charge in [-0.2, -0.15) is 0 Å². The third kappa shape index (κ3) is 6.22. The normalized spacial score (nSPS) is 20.6. The Kier molecular flexibility index (Phi) is 7.61. The van der Waals surface area contributed by atoms with Gasteiger partial charge in [-0.05, 0) is 114 Å². The number of carbonyl (C=O) groups is 1. The van der Waals surface area contributed by atoms with Crippen LogP contribution in [0.3, 0.4) is 0 Å². The van der Waals surface area contributed by atoms with E-state index in [2.05, 4.69) is 68.4 Å². The number of rotatable bonds is 11. The van der Waals surface area contributed by atoms with E-state index in [0.29, 0.717) is 31.0 Å². The third-order valence-electron chi connectivity index (χ3n) is 9.22. The molecular weight excluding hydrogens is 496 g/mol. The highest BCUT2D eigenvalue weighted by molar-refractivity contribution is 5.71. The van der Waals surface area contributed by atoms with Crippen molar-refractivity contribution >= 4 is 5.97 Å². The van der Waals surface area contributed by atoms with Crippen LogP contribution in [0.5, 0.6) is 11.5 Å². The Morgan fingerprint density at radius 3 is 2.45 bits per heavy atom. The lowest BCUT2D eigenvalue weighted by Gasteiger charge is -2.30. The first-order valence-corrected chi connectivity index (χ1v) is 15.1. The van der Waals surface area contributed by atoms with E-state index in [4.69, 9.17) is 14.2 Å². The zero-order valence-corrected chi connectivity index (χ0v) is 24.2. The molecule has 0 heterocycles. The van der Waals surface area contributed by atoms with Gasteiger partial charge in [-0.15, -0.1) is 0 Å². The first-order valence-electron chi connectivity index (χ1n) is 15.1. The van der Waals surface area contributed by atoms with Crippen molar-refractivity contribution in [1.29, 1.82) is 0 Å². The number of hydrogen-bond donors (Lipinski definition) is 0. The van der Waals surface area contributed by atoms with Crippen LogP contribution in [0.1, 0.15) is 93.7 Å². The standard InChI is InChI=1S/C36H42O4/c1-36(2)18-6-11-34(36)33-19-24(12-17-31(33)26-7-5-10-30(21-26)40-28-15-16-28)23-39-29-9-4-8-27(20-29)32(25-13-14-25)22-35(37)38-3/h4-5,7-10,12,17,19-21,25,28,32,34H,6,11,13-16,18,22-23H2,1-3H3/t32?,34-/m1/s1. The number of ether oxygens (including phenoxy) is 3. The largest absolute Gasteiger partial charge is 0.490 e. The minimum Gasteiger partial charge on any atom is -0.490 e. The quantitative estimate of drug-likeness (QED) is 0.229. The summed E-state index contributed by atoms with van der Waals surface area (Å²) in [6.07, 6.45) is 9.23. The molecule has 3 aliphatic rings. The van der Waals surface area contributed by atoms with Gasteiger partial charge in [0.25, 0.3) is 0 Å². The third-order valence-corrected chi connectivity index (χ3v) is 9.22. The summed E-state index contributed by atoms with van der Waals surface area (Å²) in [5.74, 6) is 2.95. The molecule has 0 radical (unpaired) electrons. The summed E-state index contributed by atoms with van der Waals surface area (Å²) in [5.41, 5.74) is 6.58. The first-order chi connectivity index (χ1) is 19.4. The molecule has 0 aromatic heterocycles. The monoisotopic (exact) mass is 538 g/mol. The van der Waals surface area contributed by atoms with Gasteiger partial charge in [-0.1, -0.05) is 62.7 Å². The summed E-state index contributed by atoms with van der Waals surface area (Å²) >= 11 is 0. The van der Waals surface area contributed by atoms with Crippen molar-refractivity contribution in [2.24, 2.45) is 11.3 Å². The van der Waals surface area contributed by atoms with Gasteiger partial charge in [0.15, 0.2) is 0 Å². The zero-order chi connectivity index (χ0) is 27.7. The summed E-state index contributed by atoms with van der Waals surface area (Å²) in [5, 5.41) is 0. The Bertz CT molecular complexity index is 1350. The number of methoxy groups -OCH3 is 1. The van der Waals surface area contributed by atoms with E-state index in [9.17, 15) is 4.79 Å². The minimum atomic E-state index is -0.143. The second kappa shape index (κ2) is 11.3. The molecule has 2 atom stereocenters. The molecule has 3 aromatic carbocycles. The summed E-state index contributed by atoms with van der Waals surface area (Å²) in [6.45, 7) is 5.35. The van der Waals surface area contributed by atoms with E-state index in [1.807, 2.05) is 12.1 Å². The molecule has 40 heavy (non-hydrogen) atoms. The van der Waals surface area contributed by atoms with Crippen molar-refractivity contribution in [3.63, 3.8) is 0 Å². The predicted molar refractivity (Wildman–Crippen MR) is 159 cm³/mol. The highest BCUT2D eigenvalue weighted by atomic mass is 16.5. The van der Waals surface area contributed by atoms with Crippen molar-refractivity contribution in [3.05, 3.63) is 83.4 Å². The van der Waals surface area contributed by atoms with Gasteiger partial charge >= 0.3 is 5.97 Å². The number of benzene rings is 3. The van der Waals surface area contributed by atoms with Crippen molar-refractivity contribution in [3.8, 4) is 22.6 Å². The van der Waals surface area contributed by atoms with Crippen molar-refractivity contribution < 1.29 is 19.0 Å². The SMILES string of the molecule is COC(=O)CC(c1cccc(OCc2ccc(-c3cccc(OC4CC4)c3)c([C@H]3CCCC3(C)C)c2)c1)C1CC1. The van der Waals surface area contributed by atoms with E-state index >= 15 is 0 Å². The molecule has 0 aliphatic heterocycles. The van der Waals surface area contributed by atoms with Crippen LogP contribution in [0.15, 0.2) is 66.7 Å². The molecule has 6 rings (SSSR count). The number of hydrogen-bond acceptors (Lipinski definition) is 4. The minimum absolute atomic E-state index is 0.143. The van der Waals surface area contributed by atoms with E-state index in [-0.39, 0.29) is 17.3 Å². The highest BCUT2D eigenvalue weighted by Crippen LogP contribution is 2.51. The Balaban J connectivity index is 1.24. The van der Waals surface area contributed by atoms with Crippen LogP contribution >= 0.6 is 0 Å². The molecule has 1 unspecified atom stereocenters. The first kappa shape index (κ1) is 26.9. The summed E-state index contributed by atoms with van der Waals surface area (Å²) in [6, 6.07) is 23.8. The predicted octanol–water partition coefficient (Wildman–Crippen LogP) is 8.82. The summed E-state index contributed by atoms with van der Waals surface area (Å²) < 4.78 is 17.5. The highest BCUT2D eigenvalue weighted by Gasteiger charge is 2.37. The lowest BCUT2D eigenvalue weighted by Crippen LogP contribution is -2.16. The molecule has 0 spiro atoms. The van der Waals surface area contributed by atoms with Gasteiger partial charge < -0.3 is 14.2 Å². The van der Waals surface area contributed by atoms with Gasteiger partial charge in [0.2, 0.25) is 0 Å². The van der Waals surface area contributed by atoms with Crippen LogP contribution in [-0.2, 0) is 16.1 Å². The smallest absolute Gasteiger partial charge is 0.306 e. The Morgan fingerprint density at radius 2 is 1.73 bits per heavy atom. The van der Waals surface area contributed by atoms with Gasteiger partial charge in [0.05, 0.1) is 19.6 Å². The lowest BCUT2D eigenvalue weighted by molar-refractivity contribution is -0.141. The van der Waals surface area contributed by atoms with Gasteiger partial charge in [-0.3, -0.25) is 4.79 Å².